The number of nitrogens with zero attached hydrogens (tertiary/aromatic N) is 3. The maximum atomic E-state index is 12.7. The van der Waals surface area contributed by atoms with E-state index in [1.54, 1.807) is 24.0 Å². The van der Waals surface area contributed by atoms with Gasteiger partial charge in [0.2, 0.25) is 0 Å². The van der Waals surface area contributed by atoms with Crippen LogP contribution in [-0.2, 0) is 13.5 Å². The van der Waals surface area contributed by atoms with Crippen molar-refractivity contribution in [1.82, 2.24) is 14.5 Å². The van der Waals surface area contributed by atoms with E-state index in [1.807, 2.05) is 23.9 Å². The molecule has 3 rings (SSSR count). The first kappa shape index (κ1) is 18.8. The smallest absolute Gasteiger partial charge is 0.327 e. The van der Waals surface area contributed by atoms with Gasteiger partial charge < -0.3 is 4.57 Å². The van der Waals surface area contributed by atoms with Gasteiger partial charge in [0.1, 0.15) is 5.82 Å². The van der Waals surface area contributed by atoms with Gasteiger partial charge in [0.25, 0.3) is 0 Å². The number of hydrogen-bond donors (Lipinski definition) is 0. The van der Waals surface area contributed by atoms with Gasteiger partial charge in [-0.05, 0) is 35.9 Å². The number of pyridine rings is 1. The monoisotopic (exact) mass is 379 g/mol. The van der Waals surface area contributed by atoms with Crippen molar-refractivity contribution in [2.24, 2.45) is 7.05 Å². The van der Waals surface area contributed by atoms with Crippen LogP contribution in [0.25, 0.3) is 22.4 Å². The van der Waals surface area contributed by atoms with Crippen molar-refractivity contribution < 1.29 is 13.2 Å². The highest BCUT2D eigenvalue weighted by Crippen LogP contribution is 2.33. The maximum Gasteiger partial charge on any atom is 0.393 e. The standard InChI is InChI=1S/C19H20F3N3S/c1-3-4-9-26-17-12-23-8-7-14(17)18-24-15-10-13(11-19(20,21)22)5-6-16(15)25(18)2/h5-8,10,12H,3-4,9,11H2,1-2H3. The summed E-state index contributed by atoms with van der Waals surface area (Å²) in [5.74, 6) is 1.74. The van der Waals surface area contributed by atoms with Crippen molar-refractivity contribution in [3.8, 4) is 11.4 Å². The molecule has 0 saturated heterocycles. The van der Waals surface area contributed by atoms with E-state index in [4.69, 9.17) is 0 Å². The third kappa shape index (κ3) is 4.20. The van der Waals surface area contributed by atoms with Crippen molar-refractivity contribution in [1.29, 1.82) is 0 Å². The summed E-state index contributed by atoms with van der Waals surface area (Å²) < 4.78 is 39.9. The van der Waals surface area contributed by atoms with Gasteiger partial charge in [0.05, 0.1) is 17.5 Å². The van der Waals surface area contributed by atoms with Gasteiger partial charge in [-0.3, -0.25) is 4.98 Å². The fourth-order valence-electron chi connectivity index (χ4n) is 2.83. The summed E-state index contributed by atoms with van der Waals surface area (Å²) in [6.07, 6.45) is 0.610. The lowest BCUT2D eigenvalue weighted by Gasteiger charge is -2.08. The largest absolute Gasteiger partial charge is 0.393 e. The Morgan fingerprint density at radius 1 is 1.19 bits per heavy atom. The number of rotatable bonds is 6. The van der Waals surface area contributed by atoms with Gasteiger partial charge in [-0.25, -0.2) is 4.98 Å². The van der Waals surface area contributed by atoms with Crippen molar-refractivity contribution in [3.05, 3.63) is 42.2 Å². The van der Waals surface area contributed by atoms with Crippen molar-refractivity contribution >= 4 is 22.8 Å². The fourth-order valence-corrected chi connectivity index (χ4v) is 3.94. The summed E-state index contributed by atoms with van der Waals surface area (Å²) in [7, 11) is 1.88. The highest BCUT2D eigenvalue weighted by atomic mass is 32.2. The van der Waals surface area contributed by atoms with E-state index in [2.05, 4.69) is 16.9 Å². The second kappa shape index (κ2) is 7.70. The number of alkyl halides is 3. The van der Waals surface area contributed by atoms with Crippen molar-refractivity contribution in [3.63, 3.8) is 0 Å². The molecule has 0 fully saturated rings. The molecule has 0 aliphatic carbocycles. The zero-order valence-corrected chi connectivity index (χ0v) is 15.5. The van der Waals surface area contributed by atoms with E-state index < -0.39 is 12.6 Å². The maximum absolute atomic E-state index is 12.7. The van der Waals surface area contributed by atoms with Crippen LogP contribution in [0.5, 0.6) is 0 Å². The van der Waals surface area contributed by atoms with Crippen molar-refractivity contribution in [2.75, 3.05) is 5.75 Å². The molecule has 0 aliphatic heterocycles. The Morgan fingerprint density at radius 2 is 2.00 bits per heavy atom. The fraction of sp³-hybridized carbons (Fsp3) is 0.368. The third-order valence-electron chi connectivity index (χ3n) is 4.13. The molecule has 0 atom stereocenters. The number of imidazole rings is 1. The number of halogens is 3. The van der Waals surface area contributed by atoms with Crippen LogP contribution in [0.15, 0.2) is 41.6 Å². The molecule has 0 N–H and O–H groups in total. The molecule has 0 unspecified atom stereocenters. The van der Waals surface area contributed by atoms with Gasteiger partial charge >= 0.3 is 6.18 Å². The molecule has 3 aromatic rings. The second-order valence-corrected chi connectivity index (χ2v) is 7.32. The van der Waals surface area contributed by atoms with Crippen LogP contribution in [-0.4, -0.2) is 26.5 Å². The molecule has 0 bridgehead atoms. The van der Waals surface area contributed by atoms with E-state index in [9.17, 15) is 13.2 Å². The SMILES string of the molecule is CCCCSc1cnccc1-c1nc2cc(CC(F)(F)F)ccc2n1C. The first-order valence-electron chi connectivity index (χ1n) is 8.48. The third-order valence-corrected chi connectivity index (χ3v) is 5.26. The van der Waals surface area contributed by atoms with E-state index in [0.29, 0.717) is 5.52 Å². The lowest BCUT2D eigenvalue weighted by atomic mass is 10.1. The second-order valence-electron chi connectivity index (χ2n) is 6.18. The molecule has 2 aromatic heterocycles. The minimum absolute atomic E-state index is 0.224. The van der Waals surface area contributed by atoms with E-state index >= 15 is 0 Å². The molecule has 0 spiro atoms. The zero-order valence-electron chi connectivity index (χ0n) is 14.7. The number of aryl methyl sites for hydroxylation is 1. The lowest BCUT2D eigenvalue weighted by molar-refractivity contribution is -0.127. The summed E-state index contributed by atoms with van der Waals surface area (Å²) in [5, 5.41) is 0. The molecule has 3 nitrogen and oxygen atoms in total. The van der Waals surface area contributed by atoms with Gasteiger partial charge in [0, 0.05) is 29.9 Å². The molecule has 138 valence electrons. The molecular formula is C19H20F3N3S. The molecule has 0 saturated carbocycles. The first-order chi connectivity index (χ1) is 12.4. The molecule has 0 amide bonds. The van der Waals surface area contributed by atoms with E-state index in [1.165, 1.54) is 12.1 Å². The van der Waals surface area contributed by atoms with Crippen LogP contribution >= 0.6 is 11.8 Å². The van der Waals surface area contributed by atoms with Crippen LogP contribution in [0.3, 0.4) is 0 Å². The number of fused-ring (bicyclic) bond motifs is 1. The topological polar surface area (TPSA) is 30.7 Å². The van der Waals surface area contributed by atoms with Gasteiger partial charge in [-0.1, -0.05) is 19.4 Å². The summed E-state index contributed by atoms with van der Waals surface area (Å²) in [5.41, 5.74) is 2.57. The Morgan fingerprint density at radius 3 is 2.73 bits per heavy atom. The van der Waals surface area contributed by atoms with Crippen LogP contribution in [0.1, 0.15) is 25.3 Å². The van der Waals surface area contributed by atoms with E-state index in [0.717, 1.165) is 40.4 Å². The molecule has 7 heteroatoms. The molecular weight excluding hydrogens is 359 g/mol. The zero-order chi connectivity index (χ0) is 18.7. The molecule has 1 aromatic carbocycles. The summed E-state index contributed by atoms with van der Waals surface area (Å²) >= 11 is 1.73. The summed E-state index contributed by atoms with van der Waals surface area (Å²) in [6.45, 7) is 2.15. The summed E-state index contributed by atoms with van der Waals surface area (Å²) in [4.78, 5) is 9.86. The number of benzene rings is 1. The van der Waals surface area contributed by atoms with Crippen LogP contribution in [0.4, 0.5) is 13.2 Å². The highest BCUT2D eigenvalue weighted by molar-refractivity contribution is 7.99. The average Bonchev–Trinajstić information content (AvgIpc) is 2.90. The number of unbranched alkanes of at least 4 members (excludes halogenated alkanes) is 1. The van der Waals surface area contributed by atoms with Crippen molar-refractivity contribution in [2.45, 2.75) is 37.3 Å². The van der Waals surface area contributed by atoms with Gasteiger partial charge in [0.15, 0.2) is 0 Å². The Bertz CT molecular complexity index is 903. The predicted octanol–water partition coefficient (Wildman–Crippen LogP) is 5.63. The molecule has 0 radical (unpaired) electrons. The Hall–Kier alpha value is -2.02. The average molecular weight is 379 g/mol. The van der Waals surface area contributed by atoms with Crippen LogP contribution < -0.4 is 0 Å². The Kier molecular flexibility index (Phi) is 5.55. The van der Waals surface area contributed by atoms with E-state index in [-0.39, 0.29) is 5.56 Å². The van der Waals surface area contributed by atoms with Gasteiger partial charge in [-0.15, -0.1) is 11.8 Å². The number of hydrogen-bond acceptors (Lipinski definition) is 3. The number of aromatic nitrogens is 3. The highest BCUT2D eigenvalue weighted by Gasteiger charge is 2.28. The quantitative estimate of drug-likeness (QED) is 0.411. The summed E-state index contributed by atoms with van der Waals surface area (Å²) in [6, 6.07) is 6.66. The molecule has 2 heterocycles. The number of thioether (sulfide) groups is 1. The minimum Gasteiger partial charge on any atom is -0.327 e. The normalized spacial score (nSPS) is 12.0. The Balaban J connectivity index is 2.00. The predicted molar refractivity (Wildman–Crippen MR) is 99.3 cm³/mol. The molecule has 26 heavy (non-hydrogen) atoms. The minimum atomic E-state index is -4.22. The van der Waals surface area contributed by atoms with Crippen LogP contribution in [0, 0.1) is 0 Å². The van der Waals surface area contributed by atoms with Crippen LogP contribution in [0.2, 0.25) is 0 Å². The van der Waals surface area contributed by atoms with Gasteiger partial charge in [-0.2, -0.15) is 13.2 Å². The first-order valence-corrected chi connectivity index (χ1v) is 9.47. The Labute approximate surface area is 154 Å². The molecule has 0 aliphatic rings. The lowest BCUT2D eigenvalue weighted by Crippen LogP contribution is -2.11.